The van der Waals surface area contributed by atoms with E-state index in [1.165, 1.54) is 0 Å². The van der Waals surface area contributed by atoms with Gasteiger partial charge in [0.1, 0.15) is 0 Å². The van der Waals surface area contributed by atoms with Gasteiger partial charge >= 0.3 is 6.03 Å². The minimum absolute atomic E-state index is 0.233. The number of hydrogen-bond donors (Lipinski definition) is 4. The van der Waals surface area contributed by atoms with Crippen molar-refractivity contribution < 1.29 is 9.59 Å². The van der Waals surface area contributed by atoms with E-state index in [9.17, 15) is 9.59 Å². The van der Waals surface area contributed by atoms with E-state index in [0.29, 0.717) is 11.4 Å². The largest absolute Gasteiger partial charge is 0.399 e. The van der Waals surface area contributed by atoms with Gasteiger partial charge in [-0.15, -0.1) is 0 Å². The van der Waals surface area contributed by atoms with Gasteiger partial charge in [-0.3, -0.25) is 4.79 Å². The molecule has 0 spiro atoms. The first-order valence-corrected chi connectivity index (χ1v) is 9.20. The number of urea groups is 1. The Bertz CT molecular complexity index is 1070. The molecule has 29 heavy (non-hydrogen) atoms. The lowest BCUT2D eigenvalue weighted by atomic mass is 10.0. The Hall–Kier alpha value is -3.80. The van der Waals surface area contributed by atoms with Gasteiger partial charge in [-0.25, -0.2) is 4.79 Å². The first kappa shape index (κ1) is 19.9. The summed E-state index contributed by atoms with van der Waals surface area (Å²) in [5.74, 6) is -0.619. The Balaban J connectivity index is 1.90. The summed E-state index contributed by atoms with van der Waals surface area (Å²) in [4.78, 5) is 24.5. The second-order valence-corrected chi connectivity index (χ2v) is 7.10. The molecule has 6 N–H and O–H groups in total. The molecule has 3 aromatic carbocycles. The highest BCUT2D eigenvalue weighted by molar-refractivity contribution is 6.07. The number of nitrogens with two attached hydrogens (primary N) is 2. The van der Waals surface area contributed by atoms with Gasteiger partial charge in [0.05, 0.1) is 11.3 Å². The summed E-state index contributed by atoms with van der Waals surface area (Å²) >= 11 is 0. The molecular weight excluding hydrogens is 364 g/mol. The Morgan fingerprint density at radius 1 is 0.793 bits per heavy atom. The van der Waals surface area contributed by atoms with Crippen LogP contribution in [-0.4, -0.2) is 11.9 Å². The van der Waals surface area contributed by atoms with Crippen LogP contribution in [0, 0.1) is 20.8 Å². The Labute approximate surface area is 169 Å². The van der Waals surface area contributed by atoms with Crippen molar-refractivity contribution in [3.05, 3.63) is 76.9 Å². The maximum absolute atomic E-state index is 12.6. The van der Waals surface area contributed by atoms with E-state index in [0.717, 1.165) is 33.5 Å². The van der Waals surface area contributed by atoms with Gasteiger partial charge in [0.25, 0.3) is 5.91 Å². The van der Waals surface area contributed by atoms with Crippen LogP contribution in [0.5, 0.6) is 0 Å². The van der Waals surface area contributed by atoms with E-state index in [4.69, 9.17) is 11.5 Å². The Morgan fingerprint density at radius 3 is 1.97 bits per heavy atom. The standard InChI is InChI=1S/C23H24N4O2/c1-13-10-14(2)21(15(3)11-13)27-23(29)26-20-12-17(6-9-19(20)22(25)28)16-4-7-18(24)8-5-16/h4-12H,24H2,1-3H3,(H2,25,28)(H2,26,27,29). The number of nitrogen functional groups attached to an aromatic ring is 1. The van der Waals surface area contributed by atoms with Gasteiger partial charge < -0.3 is 22.1 Å². The van der Waals surface area contributed by atoms with Crippen molar-refractivity contribution in [2.75, 3.05) is 16.4 Å². The Morgan fingerprint density at radius 2 is 1.38 bits per heavy atom. The summed E-state index contributed by atoms with van der Waals surface area (Å²) in [5.41, 5.74) is 18.0. The van der Waals surface area contributed by atoms with E-state index >= 15 is 0 Å². The number of hydrogen-bond acceptors (Lipinski definition) is 3. The molecule has 0 fully saturated rings. The minimum atomic E-state index is -0.619. The maximum atomic E-state index is 12.6. The number of amides is 3. The van der Waals surface area contributed by atoms with Crippen molar-refractivity contribution in [1.29, 1.82) is 0 Å². The zero-order valence-corrected chi connectivity index (χ0v) is 16.7. The van der Waals surface area contributed by atoms with Crippen LogP contribution in [0.15, 0.2) is 54.6 Å². The number of anilines is 3. The lowest BCUT2D eigenvalue weighted by Gasteiger charge is -2.15. The van der Waals surface area contributed by atoms with E-state index in [1.54, 1.807) is 30.3 Å². The lowest BCUT2D eigenvalue weighted by molar-refractivity contribution is 0.100. The molecule has 0 aromatic heterocycles. The second kappa shape index (κ2) is 8.06. The van der Waals surface area contributed by atoms with Crippen LogP contribution in [0.3, 0.4) is 0 Å². The minimum Gasteiger partial charge on any atom is -0.399 e. The van der Waals surface area contributed by atoms with E-state index in [-0.39, 0.29) is 5.56 Å². The number of aryl methyl sites for hydroxylation is 3. The summed E-state index contributed by atoms with van der Waals surface area (Å²) in [6.07, 6.45) is 0. The first-order chi connectivity index (χ1) is 13.7. The summed E-state index contributed by atoms with van der Waals surface area (Å²) in [7, 11) is 0. The molecule has 0 aliphatic heterocycles. The fourth-order valence-corrected chi connectivity index (χ4v) is 3.36. The van der Waals surface area contributed by atoms with Crippen LogP contribution in [-0.2, 0) is 0 Å². The third kappa shape index (κ3) is 4.55. The van der Waals surface area contributed by atoms with Crippen molar-refractivity contribution in [3.8, 4) is 11.1 Å². The fourth-order valence-electron chi connectivity index (χ4n) is 3.36. The second-order valence-electron chi connectivity index (χ2n) is 7.10. The van der Waals surface area contributed by atoms with Crippen LogP contribution in [0.2, 0.25) is 0 Å². The molecule has 0 atom stereocenters. The summed E-state index contributed by atoms with van der Waals surface area (Å²) in [6, 6.07) is 16.0. The quantitative estimate of drug-likeness (QED) is 0.490. The molecule has 0 aliphatic carbocycles. The SMILES string of the molecule is Cc1cc(C)c(NC(=O)Nc2cc(-c3ccc(N)cc3)ccc2C(N)=O)c(C)c1. The number of benzene rings is 3. The van der Waals surface area contributed by atoms with Gasteiger partial charge in [0.2, 0.25) is 0 Å². The number of carbonyl (C=O) groups is 2. The molecule has 3 amide bonds. The molecule has 0 aliphatic rings. The molecule has 0 saturated heterocycles. The van der Waals surface area contributed by atoms with Crippen molar-refractivity contribution in [3.63, 3.8) is 0 Å². The maximum Gasteiger partial charge on any atom is 0.323 e. The van der Waals surface area contributed by atoms with Crippen LogP contribution < -0.4 is 22.1 Å². The third-order valence-electron chi connectivity index (χ3n) is 4.69. The van der Waals surface area contributed by atoms with Crippen molar-refractivity contribution in [2.24, 2.45) is 5.73 Å². The van der Waals surface area contributed by atoms with Gasteiger partial charge in [0.15, 0.2) is 0 Å². The normalized spacial score (nSPS) is 10.4. The smallest absolute Gasteiger partial charge is 0.323 e. The molecule has 0 heterocycles. The van der Waals surface area contributed by atoms with Gasteiger partial charge in [-0.05, 0) is 67.3 Å². The average molecular weight is 388 g/mol. The van der Waals surface area contributed by atoms with E-state index < -0.39 is 11.9 Å². The lowest BCUT2D eigenvalue weighted by Crippen LogP contribution is -2.23. The summed E-state index contributed by atoms with van der Waals surface area (Å²) in [5, 5.41) is 5.62. The number of nitrogens with one attached hydrogen (secondary N) is 2. The Kier molecular flexibility index (Phi) is 5.54. The van der Waals surface area contributed by atoms with Gasteiger partial charge in [0, 0.05) is 11.4 Å². The third-order valence-corrected chi connectivity index (χ3v) is 4.69. The number of primary amides is 1. The van der Waals surface area contributed by atoms with Crippen molar-refractivity contribution in [1.82, 2.24) is 0 Å². The number of rotatable bonds is 4. The molecule has 0 saturated carbocycles. The van der Waals surface area contributed by atoms with Crippen molar-refractivity contribution in [2.45, 2.75) is 20.8 Å². The molecule has 3 aromatic rings. The number of carbonyl (C=O) groups excluding carboxylic acids is 2. The van der Waals surface area contributed by atoms with Crippen LogP contribution in [0.25, 0.3) is 11.1 Å². The monoisotopic (exact) mass is 388 g/mol. The van der Waals surface area contributed by atoms with E-state index in [2.05, 4.69) is 10.6 Å². The van der Waals surface area contributed by atoms with Crippen LogP contribution >= 0.6 is 0 Å². The van der Waals surface area contributed by atoms with Crippen LogP contribution in [0.4, 0.5) is 21.9 Å². The highest BCUT2D eigenvalue weighted by Gasteiger charge is 2.14. The molecule has 0 bridgehead atoms. The van der Waals surface area contributed by atoms with Gasteiger partial charge in [-0.1, -0.05) is 35.9 Å². The molecule has 148 valence electrons. The van der Waals surface area contributed by atoms with Gasteiger partial charge in [-0.2, -0.15) is 0 Å². The van der Waals surface area contributed by atoms with Crippen LogP contribution in [0.1, 0.15) is 27.0 Å². The average Bonchev–Trinajstić information content (AvgIpc) is 2.65. The molecular formula is C23H24N4O2. The van der Waals surface area contributed by atoms with E-state index in [1.807, 2.05) is 45.0 Å². The molecule has 3 rings (SSSR count). The zero-order chi connectivity index (χ0) is 21.1. The molecule has 6 heteroatoms. The topological polar surface area (TPSA) is 110 Å². The summed E-state index contributed by atoms with van der Waals surface area (Å²) < 4.78 is 0. The molecule has 6 nitrogen and oxygen atoms in total. The highest BCUT2D eigenvalue weighted by atomic mass is 16.2. The summed E-state index contributed by atoms with van der Waals surface area (Å²) in [6.45, 7) is 5.88. The fraction of sp³-hybridized carbons (Fsp3) is 0.130. The predicted octanol–water partition coefficient (Wildman–Crippen LogP) is 4.60. The highest BCUT2D eigenvalue weighted by Crippen LogP contribution is 2.27. The zero-order valence-electron chi connectivity index (χ0n) is 16.7. The predicted molar refractivity (Wildman–Crippen MR) is 118 cm³/mol. The molecule has 0 radical (unpaired) electrons. The van der Waals surface area contributed by atoms with Crippen molar-refractivity contribution >= 4 is 29.0 Å². The molecule has 0 unspecified atom stereocenters. The first-order valence-electron chi connectivity index (χ1n) is 9.20.